The largest absolute Gasteiger partial charge is 0.338 e. The monoisotopic (exact) mass is 526 g/mol. The van der Waals surface area contributed by atoms with Crippen molar-refractivity contribution < 1.29 is 4.79 Å². The average Bonchev–Trinajstić information content (AvgIpc) is 3.54. The van der Waals surface area contributed by atoms with Crippen molar-refractivity contribution >= 4 is 28.4 Å². The van der Waals surface area contributed by atoms with Gasteiger partial charge in [-0.15, -0.1) is 0 Å². The minimum Gasteiger partial charge on any atom is -0.338 e. The van der Waals surface area contributed by atoms with E-state index in [0.717, 1.165) is 88.6 Å². The fourth-order valence-electron chi connectivity index (χ4n) is 6.95. The molecule has 0 bridgehead atoms. The lowest BCUT2D eigenvalue weighted by molar-refractivity contribution is -0.149. The van der Waals surface area contributed by atoms with Crippen molar-refractivity contribution in [2.75, 3.05) is 20.1 Å². The molecule has 0 atom stereocenters. The summed E-state index contributed by atoms with van der Waals surface area (Å²) in [5, 5.41) is 14.5. The Morgan fingerprint density at radius 2 is 1.92 bits per heavy atom. The van der Waals surface area contributed by atoms with Gasteiger partial charge >= 0.3 is 0 Å². The second-order valence-electron chi connectivity index (χ2n) is 11.6. The molecule has 2 aromatic carbocycles. The first kappa shape index (κ1) is 23.7. The number of hydrogen-bond donors (Lipinski definition) is 1. The molecular weight excluding hydrogens is 496 g/mol. The minimum absolute atomic E-state index is 0.0272. The standard InChI is InChI=1S/C30H31ClN6O/c1-5-25(38)36-15-30(16-36)10-22(11-30)37-18(3)26(27-23-12-32-33-24(23)8-17(2)28(27)31)29(34-37)19-6-7-20-13-35(4)14-21(20)9-19/h5-9,12,22H,1,10-11,13-16H2,2-4H3,(H,32,33). The third-order valence-corrected chi connectivity index (χ3v) is 9.33. The molecule has 0 unspecified atom stereocenters. The Labute approximate surface area is 227 Å². The summed E-state index contributed by atoms with van der Waals surface area (Å²) in [6.07, 6.45) is 5.32. The van der Waals surface area contributed by atoms with Gasteiger partial charge in [-0.1, -0.05) is 30.3 Å². The Morgan fingerprint density at radius 1 is 1.16 bits per heavy atom. The Kier molecular flexibility index (Phi) is 5.16. The lowest BCUT2D eigenvalue weighted by Crippen LogP contribution is -2.63. The first-order valence-electron chi connectivity index (χ1n) is 13.2. The molecule has 1 N–H and O–H groups in total. The van der Waals surface area contributed by atoms with Gasteiger partial charge in [-0.25, -0.2) is 0 Å². The zero-order chi connectivity index (χ0) is 26.3. The number of aromatic amines is 1. The number of benzene rings is 2. The number of nitrogens with zero attached hydrogens (tertiary/aromatic N) is 5. The van der Waals surface area contributed by atoms with Crippen LogP contribution in [-0.4, -0.2) is 55.8 Å². The van der Waals surface area contributed by atoms with Crippen molar-refractivity contribution in [2.45, 2.75) is 45.8 Å². The third kappa shape index (κ3) is 3.41. The number of amides is 1. The van der Waals surface area contributed by atoms with Crippen LogP contribution in [-0.2, 0) is 17.9 Å². The number of aryl methyl sites for hydroxylation is 1. The summed E-state index contributed by atoms with van der Waals surface area (Å²) >= 11 is 7.05. The van der Waals surface area contributed by atoms with Crippen LogP contribution in [0.3, 0.4) is 0 Å². The number of aromatic nitrogens is 4. The Bertz CT molecular complexity index is 1630. The lowest BCUT2D eigenvalue weighted by Gasteiger charge is -2.58. The van der Waals surface area contributed by atoms with Crippen molar-refractivity contribution in [1.29, 1.82) is 0 Å². The predicted molar refractivity (Wildman–Crippen MR) is 150 cm³/mol. The highest BCUT2D eigenvalue weighted by atomic mass is 35.5. The second-order valence-corrected chi connectivity index (χ2v) is 12.0. The van der Waals surface area contributed by atoms with Crippen molar-refractivity contribution in [2.24, 2.45) is 5.41 Å². The number of halogens is 1. The van der Waals surface area contributed by atoms with E-state index in [2.05, 4.69) is 64.6 Å². The molecule has 1 saturated carbocycles. The van der Waals surface area contributed by atoms with Crippen LogP contribution in [0.5, 0.6) is 0 Å². The molecule has 194 valence electrons. The molecule has 1 amide bonds. The fourth-order valence-corrected chi connectivity index (χ4v) is 7.20. The molecule has 38 heavy (non-hydrogen) atoms. The summed E-state index contributed by atoms with van der Waals surface area (Å²) in [7, 11) is 2.16. The molecule has 2 fully saturated rings. The van der Waals surface area contributed by atoms with Gasteiger partial charge < -0.3 is 4.90 Å². The number of nitrogens with one attached hydrogen (secondary N) is 1. The van der Waals surface area contributed by atoms with Crippen LogP contribution in [0, 0.1) is 19.3 Å². The van der Waals surface area contributed by atoms with Crippen LogP contribution < -0.4 is 0 Å². The summed E-state index contributed by atoms with van der Waals surface area (Å²) in [5.74, 6) is 0.0272. The maximum Gasteiger partial charge on any atom is 0.245 e. The molecule has 4 aromatic rings. The fraction of sp³-hybridized carbons (Fsp3) is 0.367. The highest BCUT2D eigenvalue weighted by Crippen LogP contribution is 2.55. The van der Waals surface area contributed by atoms with Gasteiger partial charge in [0.1, 0.15) is 5.69 Å². The minimum atomic E-state index is 0.0272. The van der Waals surface area contributed by atoms with E-state index < -0.39 is 0 Å². The van der Waals surface area contributed by atoms with Crippen molar-refractivity contribution in [3.05, 3.63) is 70.5 Å². The average molecular weight is 527 g/mol. The van der Waals surface area contributed by atoms with Crippen LogP contribution in [0.1, 0.15) is 41.3 Å². The van der Waals surface area contributed by atoms with E-state index in [1.807, 2.05) is 18.0 Å². The van der Waals surface area contributed by atoms with E-state index in [0.29, 0.717) is 6.04 Å². The number of hydrogen-bond acceptors (Lipinski definition) is 4. The van der Waals surface area contributed by atoms with Gasteiger partial charge in [0, 0.05) is 59.4 Å². The number of carbonyl (C=O) groups is 1. The van der Waals surface area contributed by atoms with E-state index in [1.165, 1.54) is 17.2 Å². The summed E-state index contributed by atoms with van der Waals surface area (Å²) in [5.41, 5.74) is 10.2. The van der Waals surface area contributed by atoms with Gasteiger partial charge in [0.15, 0.2) is 0 Å². The maximum atomic E-state index is 12.0. The molecule has 3 aliphatic rings. The van der Waals surface area contributed by atoms with Crippen molar-refractivity contribution in [3.8, 4) is 22.4 Å². The molecule has 7 nitrogen and oxygen atoms in total. The lowest BCUT2D eigenvalue weighted by atomic mass is 9.60. The van der Waals surface area contributed by atoms with Gasteiger partial charge in [-0.3, -0.25) is 19.5 Å². The molecule has 2 aromatic heterocycles. The van der Waals surface area contributed by atoms with E-state index in [1.54, 1.807) is 0 Å². The van der Waals surface area contributed by atoms with Gasteiger partial charge in [0.05, 0.1) is 22.8 Å². The Balaban J connectivity index is 1.34. The molecule has 8 heteroatoms. The first-order chi connectivity index (χ1) is 18.3. The second kappa shape index (κ2) is 8.29. The number of fused-ring (bicyclic) bond motifs is 2. The summed E-state index contributed by atoms with van der Waals surface area (Å²) in [4.78, 5) is 16.2. The molecule has 0 radical (unpaired) electrons. The number of likely N-dealkylation sites (tertiary alicyclic amines) is 1. The molecule has 1 aliphatic carbocycles. The Morgan fingerprint density at radius 3 is 2.68 bits per heavy atom. The van der Waals surface area contributed by atoms with E-state index in [9.17, 15) is 4.79 Å². The van der Waals surface area contributed by atoms with Crippen LogP contribution in [0.15, 0.2) is 43.1 Å². The molecular formula is C30H31ClN6O. The van der Waals surface area contributed by atoms with Gasteiger partial charge in [-0.2, -0.15) is 10.2 Å². The molecule has 4 heterocycles. The normalized spacial score (nSPS) is 18.6. The summed E-state index contributed by atoms with van der Waals surface area (Å²) < 4.78 is 2.22. The SMILES string of the molecule is C=CC(=O)N1CC2(CC(n3nc(-c4ccc5c(c4)CN(C)C5)c(-c4c(Cl)c(C)cc5[nH]ncc45)c3C)C2)C1. The quantitative estimate of drug-likeness (QED) is 0.348. The highest BCUT2D eigenvalue weighted by Gasteiger charge is 2.54. The molecule has 7 rings (SSSR count). The highest BCUT2D eigenvalue weighted by molar-refractivity contribution is 6.36. The van der Waals surface area contributed by atoms with Gasteiger partial charge in [-0.05, 0) is 68.6 Å². The van der Waals surface area contributed by atoms with Crippen LogP contribution >= 0.6 is 11.6 Å². The first-order valence-corrected chi connectivity index (χ1v) is 13.6. The van der Waals surface area contributed by atoms with Crippen LogP contribution in [0.2, 0.25) is 5.02 Å². The summed E-state index contributed by atoms with van der Waals surface area (Å²) in [6.45, 7) is 11.4. The Hall–Kier alpha value is -3.42. The molecule has 1 saturated heterocycles. The van der Waals surface area contributed by atoms with Gasteiger partial charge in [0.2, 0.25) is 5.91 Å². The number of carbonyl (C=O) groups excluding carboxylic acids is 1. The smallest absolute Gasteiger partial charge is 0.245 e. The maximum absolute atomic E-state index is 12.0. The number of rotatable bonds is 4. The zero-order valence-electron chi connectivity index (χ0n) is 22.0. The van der Waals surface area contributed by atoms with Crippen LogP contribution in [0.25, 0.3) is 33.3 Å². The van der Waals surface area contributed by atoms with Crippen molar-refractivity contribution in [1.82, 2.24) is 29.8 Å². The summed E-state index contributed by atoms with van der Waals surface area (Å²) in [6, 6.07) is 9.11. The third-order valence-electron chi connectivity index (χ3n) is 8.85. The van der Waals surface area contributed by atoms with E-state index in [4.69, 9.17) is 16.7 Å². The van der Waals surface area contributed by atoms with Crippen LogP contribution in [0.4, 0.5) is 0 Å². The van der Waals surface area contributed by atoms with Crippen molar-refractivity contribution in [3.63, 3.8) is 0 Å². The molecule has 2 aliphatic heterocycles. The molecule has 1 spiro atoms. The van der Waals surface area contributed by atoms with E-state index >= 15 is 0 Å². The predicted octanol–water partition coefficient (Wildman–Crippen LogP) is 5.66. The van der Waals surface area contributed by atoms with E-state index in [-0.39, 0.29) is 11.3 Å². The topological polar surface area (TPSA) is 70.1 Å². The van der Waals surface area contributed by atoms with Gasteiger partial charge in [0.25, 0.3) is 0 Å². The zero-order valence-corrected chi connectivity index (χ0v) is 22.8. The number of H-pyrrole nitrogens is 1.